The molecule has 0 unspecified atom stereocenters. The van der Waals surface area contributed by atoms with E-state index in [1.807, 2.05) is 0 Å². The van der Waals surface area contributed by atoms with Gasteiger partial charge < -0.3 is 4.57 Å². The van der Waals surface area contributed by atoms with E-state index < -0.39 is 0 Å². The fourth-order valence-electron chi connectivity index (χ4n) is 8.08. The molecule has 0 bridgehead atoms. The molecular weight excluding hydrogens is 591 g/mol. The van der Waals surface area contributed by atoms with Crippen LogP contribution in [0.3, 0.4) is 0 Å². The molecule has 0 saturated heterocycles. The van der Waals surface area contributed by atoms with Crippen LogP contribution in [0.2, 0.25) is 0 Å². The molecule has 9 aromatic carbocycles. The van der Waals surface area contributed by atoms with Crippen LogP contribution in [-0.2, 0) is 0 Å². The average molecular weight is 622 g/mol. The third kappa shape index (κ3) is 4.26. The minimum atomic E-state index is 1.16. The van der Waals surface area contributed by atoms with E-state index in [0.717, 1.165) is 5.69 Å². The maximum atomic E-state index is 2.43. The molecule has 0 spiro atoms. The van der Waals surface area contributed by atoms with Crippen molar-refractivity contribution in [2.24, 2.45) is 0 Å². The summed E-state index contributed by atoms with van der Waals surface area (Å²) in [6.07, 6.45) is 0. The minimum absolute atomic E-state index is 1.16. The standard InChI is InChI=1S/C48H31N/c1-4-16-32(17-5-1)41-31-42(33-18-6-2-7-19-33)47-39-25-11-10-22-36(39)43-30-35(28-29-40(43)48(47)46(41)34-20-8-3-9-21-34)49-44-26-14-12-23-37(44)38-24-13-15-27-45(38)49/h1-31H. The molecular formula is C48H31N. The highest BCUT2D eigenvalue weighted by atomic mass is 15.0. The second kappa shape index (κ2) is 11.1. The Kier molecular flexibility index (Phi) is 6.25. The van der Waals surface area contributed by atoms with Crippen LogP contribution in [-0.4, -0.2) is 4.57 Å². The Balaban J connectivity index is 1.42. The van der Waals surface area contributed by atoms with Crippen molar-refractivity contribution in [1.29, 1.82) is 0 Å². The van der Waals surface area contributed by atoms with E-state index in [2.05, 4.69) is 193 Å². The van der Waals surface area contributed by atoms with Crippen molar-refractivity contribution < 1.29 is 0 Å². The topological polar surface area (TPSA) is 4.93 Å². The third-order valence-electron chi connectivity index (χ3n) is 10.2. The van der Waals surface area contributed by atoms with E-state index in [0.29, 0.717) is 0 Å². The lowest BCUT2D eigenvalue weighted by atomic mass is 9.81. The number of nitrogens with zero attached hydrogens (tertiary/aromatic N) is 1. The molecule has 10 aromatic rings. The summed E-state index contributed by atoms with van der Waals surface area (Å²) in [5.74, 6) is 0. The van der Waals surface area contributed by atoms with Crippen LogP contribution in [0.1, 0.15) is 0 Å². The largest absolute Gasteiger partial charge is 0.309 e. The van der Waals surface area contributed by atoms with Gasteiger partial charge in [-0.25, -0.2) is 0 Å². The molecule has 1 aromatic heterocycles. The SMILES string of the molecule is c1ccc(-c2cc(-c3ccccc3)c3c4ccccc4c4cc(-n5c6ccccc6c6ccccc65)ccc4c3c2-c2ccccc2)cc1. The van der Waals surface area contributed by atoms with E-state index in [1.165, 1.54) is 87.5 Å². The fourth-order valence-corrected chi connectivity index (χ4v) is 8.08. The van der Waals surface area contributed by atoms with Crippen LogP contribution in [0, 0.1) is 0 Å². The molecule has 0 aliphatic carbocycles. The summed E-state index contributed by atoms with van der Waals surface area (Å²) in [7, 11) is 0. The maximum Gasteiger partial charge on any atom is 0.0541 e. The lowest BCUT2D eigenvalue weighted by Crippen LogP contribution is -1.97. The maximum absolute atomic E-state index is 2.43. The van der Waals surface area contributed by atoms with Gasteiger partial charge in [-0.15, -0.1) is 0 Å². The number of hydrogen-bond acceptors (Lipinski definition) is 0. The molecule has 0 aliphatic heterocycles. The number of benzene rings is 9. The molecule has 0 atom stereocenters. The van der Waals surface area contributed by atoms with Crippen molar-refractivity contribution in [2.75, 3.05) is 0 Å². The molecule has 1 nitrogen and oxygen atoms in total. The Hall–Kier alpha value is -6.44. The van der Waals surface area contributed by atoms with Crippen molar-refractivity contribution >= 4 is 54.1 Å². The van der Waals surface area contributed by atoms with Crippen molar-refractivity contribution in [3.63, 3.8) is 0 Å². The van der Waals surface area contributed by atoms with Gasteiger partial charge in [-0.1, -0.05) is 158 Å². The molecule has 228 valence electrons. The summed E-state index contributed by atoms with van der Waals surface area (Å²) in [5, 5.41) is 10.2. The van der Waals surface area contributed by atoms with E-state index in [4.69, 9.17) is 0 Å². The number of hydrogen-bond donors (Lipinski definition) is 0. The molecule has 10 rings (SSSR count). The summed E-state index contributed by atoms with van der Waals surface area (Å²) in [4.78, 5) is 0. The molecule has 0 aliphatic rings. The number of fused-ring (bicyclic) bond motifs is 9. The van der Waals surface area contributed by atoms with Crippen molar-refractivity contribution in [2.45, 2.75) is 0 Å². The van der Waals surface area contributed by atoms with Crippen LogP contribution in [0.15, 0.2) is 188 Å². The third-order valence-corrected chi connectivity index (χ3v) is 10.2. The van der Waals surface area contributed by atoms with Gasteiger partial charge in [0.25, 0.3) is 0 Å². The van der Waals surface area contributed by atoms with Gasteiger partial charge in [0.2, 0.25) is 0 Å². The predicted molar refractivity (Wildman–Crippen MR) is 210 cm³/mol. The zero-order chi connectivity index (χ0) is 32.3. The van der Waals surface area contributed by atoms with Crippen molar-refractivity contribution in [3.05, 3.63) is 188 Å². The zero-order valence-electron chi connectivity index (χ0n) is 26.8. The molecule has 0 radical (unpaired) electrons. The summed E-state index contributed by atoms with van der Waals surface area (Å²) < 4.78 is 2.43. The molecule has 1 heterocycles. The summed E-state index contributed by atoms with van der Waals surface area (Å²) in [6.45, 7) is 0. The predicted octanol–water partition coefficient (Wildman–Crippen LogP) is 13.2. The number of aromatic nitrogens is 1. The highest BCUT2D eigenvalue weighted by molar-refractivity contribution is 6.33. The number of rotatable bonds is 4. The summed E-state index contributed by atoms with van der Waals surface area (Å²) >= 11 is 0. The van der Waals surface area contributed by atoms with E-state index in [9.17, 15) is 0 Å². The zero-order valence-corrected chi connectivity index (χ0v) is 26.8. The number of para-hydroxylation sites is 2. The smallest absolute Gasteiger partial charge is 0.0541 e. The van der Waals surface area contributed by atoms with Gasteiger partial charge in [-0.05, 0) is 96.0 Å². The monoisotopic (exact) mass is 621 g/mol. The molecule has 0 amide bonds. The van der Waals surface area contributed by atoms with Crippen LogP contribution in [0.25, 0.3) is 93.2 Å². The van der Waals surface area contributed by atoms with Gasteiger partial charge in [0.05, 0.1) is 11.0 Å². The van der Waals surface area contributed by atoms with Crippen LogP contribution in [0.5, 0.6) is 0 Å². The normalized spacial score (nSPS) is 11.7. The Bertz CT molecular complexity index is 2790. The van der Waals surface area contributed by atoms with Gasteiger partial charge in [0.1, 0.15) is 0 Å². The van der Waals surface area contributed by atoms with Gasteiger partial charge in [-0.2, -0.15) is 0 Å². The molecule has 0 fully saturated rings. The van der Waals surface area contributed by atoms with Gasteiger partial charge in [0.15, 0.2) is 0 Å². The van der Waals surface area contributed by atoms with Crippen molar-refractivity contribution in [3.8, 4) is 39.1 Å². The fraction of sp³-hybridized carbons (Fsp3) is 0. The van der Waals surface area contributed by atoms with Crippen LogP contribution in [0.4, 0.5) is 0 Å². The lowest BCUT2D eigenvalue weighted by Gasteiger charge is -2.22. The Morgan fingerprint density at radius 2 is 0.755 bits per heavy atom. The van der Waals surface area contributed by atoms with Crippen LogP contribution >= 0.6 is 0 Å². The second-order valence-electron chi connectivity index (χ2n) is 12.8. The van der Waals surface area contributed by atoms with Crippen LogP contribution < -0.4 is 0 Å². The summed E-state index contributed by atoms with van der Waals surface area (Å²) in [6, 6.07) is 68.8. The van der Waals surface area contributed by atoms with E-state index in [1.54, 1.807) is 0 Å². The Morgan fingerprint density at radius 1 is 0.286 bits per heavy atom. The lowest BCUT2D eigenvalue weighted by molar-refractivity contribution is 1.19. The molecule has 1 heteroatoms. The first-order chi connectivity index (χ1) is 24.3. The average Bonchev–Trinajstić information content (AvgIpc) is 3.52. The van der Waals surface area contributed by atoms with E-state index in [-0.39, 0.29) is 0 Å². The molecule has 49 heavy (non-hydrogen) atoms. The first-order valence-corrected chi connectivity index (χ1v) is 17.0. The molecule has 0 N–H and O–H groups in total. The van der Waals surface area contributed by atoms with Crippen molar-refractivity contribution in [1.82, 2.24) is 4.57 Å². The quantitative estimate of drug-likeness (QED) is 0.172. The Morgan fingerprint density at radius 3 is 1.37 bits per heavy atom. The first-order valence-electron chi connectivity index (χ1n) is 17.0. The summed E-state index contributed by atoms with van der Waals surface area (Å²) in [5.41, 5.74) is 11.0. The van der Waals surface area contributed by atoms with E-state index >= 15 is 0 Å². The highest BCUT2D eigenvalue weighted by Gasteiger charge is 2.22. The first kappa shape index (κ1) is 27.7. The minimum Gasteiger partial charge on any atom is -0.309 e. The Labute approximate surface area is 284 Å². The van der Waals surface area contributed by atoms with Gasteiger partial charge >= 0.3 is 0 Å². The highest BCUT2D eigenvalue weighted by Crippen LogP contribution is 2.49. The molecule has 0 saturated carbocycles. The van der Waals surface area contributed by atoms with Gasteiger partial charge in [0, 0.05) is 16.5 Å². The van der Waals surface area contributed by atoms with Gasteiger partial charge in [-0.3, -0.25) is 0 Å². The second-order valence-corrected chi connectivity index (χ2v) is 12.8.